The van der Waals surface area contributed by atoms with Crippen molar-refractivity contribution < 1.29 is 38.1 Å². The van der Waals surface area contributed by atoms with Crippen LogP contribution in [0.3, 0.4) is 0 Å². The van der Waals surface area contributed by atoms with Crippen LogP contribution in [-0.4, -0.2) is 65.7 Å². The van der Waals surface area contributed by atoms with E-state index < -0.39 is 47.6 Å². The smallest absolute Gasteiger partial charge is 0.420 e. The number of cyclic esters (lactones) is 1. The molecule has 9 nitrogen and oxygen atoms in total. The quantitative estimate of drug-likeness (QED) is 0.281. The predicted molar refractivity (Wildman–Crippen MR) is 158 cm³/mol. The molecule has 1 fully saturated rings. The molecule has 42 heavy (non-hydrogen) atoms. The Labute approximate surface area is 249 Å². The molecule has 0 saturated carbocycles. The Morgan fingerprint density at radius 3 is 2.00 bits per heavy atom. The highest BCUT2D eigenvalue weighted by molar-refractivity contribution is 5.94. The Balaban J connectivity index is 1.92. The number of amides is 2. The van der Waals surface area contributed by atoms with E-state index in [9.17, 15) is 14.4 Å². The molecule has 0 aromatic heterocycles. The van der Waals surface area contributed by atoms with E-state index in [1.807, 2.05) is 49.4 Å². The van der Waals surface area contributed by atoms with Crippen molar-refractivity contribution in [2.24, 2.45) is 5.92 Å². The van der Waals surface area contributed by atoms with Crippen LogP contribution in [0.15, 0.2) is 54.6 Å². The van der Waals surface area contributed by atoms with Crippen molar-refractivity contribution in [3.63, 3.8) is 0 Å². The first-order chi connectivity index (χ1) is 19.6. The van der Waals surface area contributed by atoms with Gasteiger partial charge in [-0.15, -0.1) is 0 Å². The third kappa shape index (κ3) is 10.0. The topological polar surface area (TPSA) is 101 Å². The first kappa shape index (κ1) is 32.9. The summed E-state index contributed by atoms with van der Waals surface area (Å²) >= 11 is 0. The average molecular weight is 584 g/mol. The maximum Gasteiger partial charge on any atom is 0.420 e. The number of rotatable bonds is 6. The average Bonchev–Trinajstić information content (AvgIpc) is 2.92. The number of carbonyl (C=O) groups excluding carboxylic acids is 3. The first-order valence-corrected chi connectivity index (χ1v) is 14.4. The van der Waals surface area contributed by atoms with Gasteiger partial charge in [0.05, 0.1) is 13.2 Å². The second kappa shape index (κ2) is 14.1. The van der Waals surface area contributed by atoms with E-state index in [4.69, 9.17) is 23.7 Å². The molecule has 230 valence electrons. The first-order valence-electron chi connectivity index (χ1n) is 14.4. The number of benzene rings is 2. The maximum absolute atomic E-state index is 13.6. The number of aryl methyl sites for hydroxylation is 2. The summed E-state index contributed by atoms with van der Waals surface area (Å²) in [7, 11) is 0. The Bertz CT molecular complexity index is 1160. The molecule has 2 aromatic carbocycles. The van der Waals surface area contributed by atoms with Gasteiger partial charge in [-0.1, -0.05) is 48.0 Å². The molecule has 1 aliphatic heterocycles. The number of ether oxygens (including phenoxy) is 5. The lowest BCUT2D eigenvalue weighted by molar-refractivity contribution is -0.159. The van der Waals surface area contributed by atoms with Gasteiger partial charge < -0.3 is 23.7 Å². The molecule has 1 saturated heterocycles. The second-order valence-electron chi connectivity index (χ2n) is 12.7. The van der Waals surface area contributed by atoms with Gasteiger partial charge in [-0.2, -0.15) is 4.90 Å². The number of hydrogen-bond donors (Lipinski definition) is 0. The van der Waals surface area contributed by atoms with E-state index in [-0.39, 0.29) is 19.1 Å². The summed E-state index contributed by atoms with van der Waals surface area (Å²) in [6.45, 7) is 13.7. The fourth-order valence-electron chi connectivity index (χ4n) is 4.55. The van der Waals surface area contributed by atoms with E-state index in [0.29, 0.717) is 17.1 Å². The van der Waals surface area contributed by atoms with Gasteiger partial charge in [0.1, 0.15) is 29.2 Å². The highest BCUT2D eigenvalue weighted by Gasteiger charge is 2.44. The lowest BCUT2D eigenvalue weighted by Crippen LogP contribution is -2.54. The normalized spacial score (nSPS) is 21.7. The van der Waals surface area contributed by atoms with Gasteiger partial charge in [0.15, 0.2) is 6.04 Å². The van der Waals surface area contributed by atoms with Crippen molar-refractivity contribution >= 4 is 18.2 Å². The van der Waals surface area contributed by atoms with E-state index >= 15 is 0 Å². The number of esters is 1. The summed E-state index contributed by atoms with van der Waals surface area (Å²) in [5, 5.41) is 0. The van der Waals surface area contributed by atoms with Crippen LogP contribution in [0.4, 0.5) is 9.59 Å². The molecule has 0 radical (unpaired) electrons. The summed E-state index contributed by atoms with van der Waals surface area (Å²) in [5.41, 5.74) is 0.398. The fourth-order valence-corrected chi connectivity index (χ4v) is 4.55. The zero-order chi connectivity index (χ0) is 31.1. The minimum absolute atomic E-state index is 0.176. The van der Waals surface area contributed by atoms with Crippen LogP contribution in [0.1, 0.15) is 66.0 Å². The van der Waals surface area contributed by atoms with Gasteiger partial charge in [-0.3, -0.25) is 0 Å². The Morgan fingerprint density at radius 1 is 0.881 bits per heavy atom. The largest absolute Gasteiger partial charge is 0.486 e. The van der Waals surface area contributed by atoms with E-state index in [1.54, 1.807) is 48.5 Å². The van der Waals surface area contributed by atoms with E-state index in [1.165, 1.54) is 0 Å². The molecule has 2 aromatic rings. The summed E-state index contributed by atoms with van der Waals surface area (Å²) in [5.74, 6) is -0.358. The van der Waals surface area contributed by atoms with Crippen LogP contribution in [0.2, 0.25) is 0 Å². The fraction of sp³-hybridized carbons (Fsp3) is 0.545. The molecule has 2 amide bonds. The van der Waals surface area contributed by atoms with Crippen molar-refractivity contribution in [1.82, 2.24) is 4.90 Å². The van der Waals surface area contributed by atoms with Crippen molar-refractivity contribution in [2.75, 3.05) is 13.2 Å². The molecular formula is C33H45NO8. The third-order valence-electron chi connectivity index (χ3n) is 6.54. The van der Waals surface area contributed by atoms with Gasteiger partial charge in [0.25, 0.3) is 0 Å². The Kier molecular flexibility index (Phi) is 11.0. The van der Waals surface area contributed by atoms with Gasteiger partial charge in [-0.25, -0.2) is 14.4 Å². The standard InChI is InChI=1S/C33H45NO8/c1-22-14-18-26(19-15-22)40-28-23(2)39-29(35)27(21-38-20-25(28)17-16-24-12-10-9-11-13-24)34(30(36)41-32(3,4)5)31(37)42-33(6,7)8/h9-15,18-19,23,25,27-28H,16-17,20-21H2,1-8H3/t23-,25-,27-,28?/m0/s1. The van der Waals surface area contributed by atoms with Crippen LogP contribution < -0.4 is 4.74 Å². The molecular weight excluding hydrogens is 538 g/mol. The van der Waals surface area contributed by atoms with Crippen LogP contribution in [0.5, 0.6) is 5.75 Å². The lowest BCUT2D eigenvalue weighted by Gasteiger charge is -2.33. The molecule has 3 rings (SSSR count). The molecule has 0 aliphatic carbocycles. The molecule has 1 aliphatic rings. The van der Waals surface area contributed by atoms with Crippen LogP contribution >= 0.6 is 0 Å². The highest BCUT2D eigenvalue weighted by Crippen LogP contribution is 2.27. The number of imide groups is 1. The Morgan fingerprint density at radius 2 is 1.45 bits per heavy atom. The van der Waals surface area contributed by atoms with Gasteiger partial charge in [0.2, 0.25) is 0 Å². The zero-order valence-electron chi connectivity index (χ0n) is 26.0. The predicted octanol–water partition coefficient (Wildman–Crippen LogP) is 6.49. The SMILES string of the molecule is Cc1ccc(OC2[C@@H](CCc3ccccc3)COC[C@H](N(C(=O)OC(C)(C)C)C(=O)OC(C)(C)C)C(=O)O[C@H]2C)cc1. The Hall–Kier alpha value is -3.59. The van der Waals surface area contributed by atoms with Crippen molar-refractivity contribution in [2.45, 2.75) is 97.7 Å². The minimum Gasteiger partial charge on any atom is -0.486 e. The van der Waals surface area contributed by atoms with Crippen molar-refractivity contribution in [3.8, 4) is 5.75 Å². The molecule has 9 heteroatoms. The molecule has 4 atom stereocenters. The van der Waals surface area contributed by atoms with Gasteiger partial charge in [0, 0.05) is 5.92 Å². The summed E-state index contributed by atoms with van der Waals surface area (Å²) in [6, 6.07) is 16.3. The number of carbonyl (C=O) groups is 3. The number of nitrogens with zero attached hydrogens (tertiary/aromatic N) is 1. The molecule has 0 spiro atoms. The summed E-state index contributed by atoms with van der Waals surface area (Å²) < 4.78 is 29.4. The minimum atomic E-state index is -1.43. The molecule has 0 bridgehead atoms. The number of hydrogen-bond acceptors (Lipinski definition) is 8. The van der Waals surface area contributed by atoms with Crippen LogP contribution in [-0.2, 0) is 30.2 Å². The van der Waals surface area contributed by atoms with Crippen LogP contribution in [0, 0.1) is 12.8 Å². The van der Waals surface area contributed by atoms with E-state index in [0.717, 1.165) is 17.5 Å². The summed E-state index contributed by atoms with van der Waals surface area (Å²) in [6.07, 6.45) is -1.90. The monoisotopic (exact) mass is 583 g/mol. The highest BCUT2D eigenvalue weighted by atomic mass is 16.6. The van der Waals surface area contributed by atoms with Gasteiger partial charge >= 0.3 is 18.2 Å². The van der Waals surface area contributed by atoms with Crippen LogP contribution in [0.25, 0.3) is 0 Å². The van der Waals surface area contributed by atoms with Gasteiger partial charge in [-0.05, 0) is 85.9 Å². The van der Waals surface area contributed by atoms with Crippen molar-refractivity contribution in [1.29, 1.82) is 0 Å². The molecule has 1 heterocycles. The van der Waals surface area contributed by atoms with Crippen molar-refractivity contribution in [3.05, 3.63) is 65.7 Å². The van der Waals surface area contributed by atoms with E-state index in [2.05, 4.69) is 12.1 Å². The third-order valence-corrected chi connectivity index (χ3v) is 6.54. The lowest BCUT2D eigenvalue weighted by atomic mass is 9.92. The zero-order valence-corrected chi connectivity index (χ0v) is 26.0. The molecule has 1 unspecified atom stereocenters. The molecule has 0 N–H and O–H groups in total. The second-order valence-corrected chi connectivity index (χ2v) is 12.7. The summed E-state index contributed by atoms with van der Waals surface area (Å²) in [4.78, 5) is 40.8. The maximum atomic E-state index is 13.6.